The van der Waals surface area contributed by atoms with Crippen LogP contribution in [-0.2, 0) is 0 Å². The molecule has 1 unspecified atom stereocenters. The lowest BCUT2D eigenvalue weighted by Crippen LogP contribution is -2.12. The summed E-state index contributed by atoms with van der Waals surface area (Å²) in [6, 6.07) is 0. The Morgan fingerprint density at radius 1 is 1.25 bits per heavy atom. The Bertz CT molecular complexity index is 244. The fraction of sp³-hybridized carbons (Fsp3) is 0.545. The maximum absolute atomic E-state index is 2.26. The van der Waals surface area contributed by atoms with Gasteiger partial charge in [0.1, 0.15) is 7.05 Å². The Kier molecular flexibility index (Phi) is 2.51. The molecule has 0 bridgehead atoms. The maximum Gasteiger partial charge on any atom is 0.165 e. The van der Waals surface area contributed by atoms with E-state index in [1.807, 2.05) is 0 Å². The minimum Gasteiger partial charge on any atom is -0.211 e. The molecule has 1 atom stereocenters. The number of nitrogens with zero attached hydrogens (tertiary/aromatic N) is 1. The highest BCUT2D eigenvalue weighted by molar-refractivity contribution is 5.57. The lowest BCUT2D eigenvalue weighted by atomic mass is 9.91. The fourth-order valence-electron chi connectivity index (χ4n) is 1.24. The smallest absolute Gasteiger partial charge is 0.165 e. The van der Waals surface area contributed by atoms with Gasteiger partial charge in [0, 0.05) is 5.41 Å². The lowest BCUT2D eigenvalue weighted by molar-refractivity contribution is -0.419. The van der Waals surface area contributed by atoms with Gasteiger partial charge < -0.3 is 0 Å². The van der Waals surface area contributed by atoms with E-state index in [4.69, 9.17) is 0 Å². The molecule has 0 aromatic heterocycles. The minimum atomic E-state index is 0.191. The van der Waals surface area contributed by atoms with E-state index >= 15 is 0 Å². The maximum atomic E-state index is 2.26. The second-order valence-corrected chi connectivity index (χ2v) is 4.17. The fourth-order valence-corrected chi connectivity index (χ4v) is 1.24. The Morgan fingerprint density at radius 3 is 2.58 bits per heavy atom. The van der Waals surface area contributed by atoms with Gasteiger partial charge in [0.2, 0.25) is 0 Å². The third-order valence-corrected chi connectivity index (χ3v) is 2.04. The predicted octanol–water partition coefficient (Wildman–Crippen LogP) is 2.45. The van der Waals surface area contributed by atoms with E-state index in [0.29, 0.717) is 5.92 Å². The molecule has 1 rings (SSSR count). The molecule has 1 aliphatic rings. The van der Waals surface area contributed by atoms with Crippen LogP contribution in [0.1, 0.15) is 20.8 Å². The summed E-state index contributed by atoms with van der Waals surface area (Å²) in [5.41, 5.74) is 0.191. The van der Waals surface area contributed by atoms with Gasteiger partial charge in [-0.2, -0.15) is 0 Å². The summed E-state index contributed by atoms with van der Waals surface area (Å²) < 4.78 is 2.12. The van der Waals surface area contributed by atoms with E-state index in [1.165, 1.54) is 0 Å². The summed E-state index contributed by atoms with van der Waals surface area (Å²) in [5, 5.41) is 0. The molecule has 0 spiro atoms. The molecule has 0 aromatic carbocycles. The van der Waals surface area contributed by atoms with E-state index in [2.05, 4.69) is 63.0 Å². The Hall–Kier alpha value is -0.850. The molecule has 0 aromatic rings. The van der Waals surface area contributed by atoms with Gasteiger partial charge in [0.05, 0.1) is 5.92 Å². The molecule has 12 heavy (non-hydrogen) atoms. The minimum absolute atomic E-state index is 0.191. The van der Waals surface area contributed by atoms with Crippen LogP contribution < -0.4 is 0 Å². The average Bonchev–Trinajstić information content (AvgIpc) is 1.96. The summed E-state index contributed by atoms with van der Waals surface area (Å²) in [6.45, 7) is 6.62. The highest BCUT2D eigenvalue weighted by Crippen LogP contribution is 2.20. The molecule has 1 heteroatoms. The van der Waals surface area contributed by atoms with Crippen molar-refractivity contribution in [3.63, 3.8) is 0 Å². The molecular weight excluding hydrogens is 146 g/mol. The molecule has 0 saturated heterocycles. The monoisotopic (exact) mass is 164 g/mol. The first kappa shape index (κ1) is 9.24. The molecule has 0 amide bonds. The van der Waals surface area contributed by atoms with Gasteiger partial charge in [0.25, 0.3) is 0 Å². The molecule has 0 N–H and O–H groups in total. The third kappa shape index (κ3) is 2.65. The molecule has 1 nitrogen and oxygen atoms in total. The summed E-state index contributed by atoms with van der Waals surface area (Å²) in [4.78, 5) is 0. The van der Waals surface area contributed by atoms with Crippen molar-refractivity contribution in [3.8, 4) is 0 Å². The number of hydrogen-bond donors (Lipinski definition) is 0. The van der Waals surface area contributed by atoms with Crippen molar-refractivity contribution in [1.29, 1.82) is 0 Å². The van der Waals surface area contributed by atoms with Crippen LogP contribution in [0.25, 0.3) is 0 Å². The van der Waals surface area contributed by atoms with E-state index in [1.54, 1.807) is 0 Å². The van der Waals surface area contributed by atoms with Crippen molar-refractivity contribution in [2.24, 2.45) is 11.3 Å². The van der Waals surface area contributed by atoms with Crippen molar-refractivity contribution in [2.45, 2.75) is 20.8 Å². The summed E-state index contributed by atoms with van der Waals surface area (Å²) >= 11 is 0. The molecule has 66 valence electrons. The van der Waals surface area contributed by atoms with Crippen molar-refractivity contribution >= 4 is 6.21 Å². The zero-order chi connectivity index (χ0) is 9.19. The van der Waals surface area contributed by atoms with Gasteiger partial charge in [-0.1, -0.05) is 26.0 Å². The number of allylic oxidation sites excluding steroid dienone is 3. The zero-order valence-corrected chi connectivity index (χ0v) is 8.41. The van der Waals surface area contributed by atoms with Crippen molar-refractivity contribution in [1.82, 2.24) is 0 Å². The van der Waals surface area contributed by atoms with Crippen LogP contribution in [0.3, 0.4) is 0 Å². The summed E-state index contributed by atoms with van der Waals surface area (Å²) in [6.07, 6.45) is 11.0. The number of hydrogen-bond acceptors (Lipinski definition) is 0. The van der Waals surface area contributed by atoms with E-state index < -0.39 is 0 Å². The van der Waals surface area contributed by atoms with Crippen LogP contribution in [0, 0.1) is 11.3 Å². The van der Waals surface area contributed by atoms with Crippen LogP contribution in [0.4, 0.5) is 0 Å². The Balaban J connectivity index is 2.95. The van der Waals surface area contributed by atoms with E-state index in [0.717, 1.165) is 0 Å². The molecule has 1 aliphatic heterocycles. The molecule has 0 radical (unpaired) electrons. The normalized spacial score (nSPS) is 33.0. The summed E-state index contributed by atoms with van der Waals surface area (Å²) in [5.74, 6) is 0.527. The van der Waals surface area contributed by atoms with Gasteiger partial charge in [-0.3, -0.25) is 0 Å². The average molecular weight is 164 g/mol. The first-order valence-corrected chi connectivity index (χ1v) is 4.45. The van der Waals surface area contributed by atoms with Crippen LogP contribution >= 0.6 is 0 Å². The van der Waals surface area contributed by atoms with Gasteiger partial charge in [0.15, 0.2) is 12.4 Å². The lowest BCUT2D eigenvalue weighted by Gasteiger charge is -2.15. The molecule has 1 heterocycles. The predicted molar refractivity (Wildman–Crippen MR) is 53.5 cm³/mol. The van der Waals surface area contributed by atoms with Gasteiger partial charge in [-0.05, 0) is 13.0 Å². The quantitative estimate of drug-likeness (QED) is 0.382. The second-order valence-electron chi connectivity index (χ2n) is 4.17. The number of rotatable bonds is 0. The van der Waals surface area contributed by atoms with Gasteiger partial charge in [-0.25, -0.2) is 4.58 Å². The van der Waals surface area contributed by atoms with Crippen molar-refractivity contribution in [3.05, 3.63) is 24.4 Å². The van der Waals surface area contributed by atoms with E-state index in [-0.39, 0.29) is 5.41 Å². The van der Waals surface area contributed by atoms with Crippen molar-refractivity contribution < 1.29 is 4.58 Å². The standard InChI is InChI=1S/C11H18N/c1-10-5-6-11(2,3)7-8-12(4)9-10/h5-10H,1-4H3/q+1/b6-5-,8-7-,12-9?. The highest BCUT2D eigenvalue weighted by Gasteiger charge is 2.13. The molecule has 0 aliphatic carbocycles. The van der Waals surface area contributed by atoms with Crippen LogP contribution in [0.15, 0.2) is 24.4 Å². The zero-order valence-electron chi connectivity index (χ0n) is 8.41. The molecule has 0 saturated carbocycles. The molecular formula is C11H18N+. The first-order valence-electron chi connectivity index (χ1n) is 4.45. The largest absolute Gasteiger partial charge is 0.211 e. The third-order valence-electron chi connectivity index (χ3n) is 2.04. The highest BCUT2D eigenvalue weighted by atomic mass is 14.9. The van der Waals surface area contributed by atoms with Crippen LogP contribution in [0.2, 0.25) is 0 Å². The summed E-state index contributed by atoms with van der Waals surface area (Å²) in [7, 11) is 2.07. The van der Waals surface area contributed by atoms with Gasteiger partial charge in [-0.15, -0.1) is 0 Å². The van der Waals surface area contributed by atoms with Crippen LogP contribution in [0.5, 0.6) is 0 Å². The second kappa shape index (κ2) is 3.26. The van der Waals surface area contributed by atoms with Crippen molar-refractivity contribution in [2.75, 3.05) is 7.05 Å². The molecule has 0 fully saturated rings. The topological polar surface area (TPSA) is 3.01 Å². The van der Waals surface area contributed by atoms with Crippen LogP contribution in [-0.4, -0.2) is 17.8 Å². The van der Waals surface area contributed by atoms with E-state index in [9.17, 15) is 0 Å². The van der Waals surface area contributed by atoms with Gasteiger partial charge >= 0.3 is 0 Å². The first-order chi connectivity index (χ1) is 5.49. The Morgan fingerprint density at radius 2 is 1.92 bits per heavy atom. The Labute approximate surface area is 75.1 Å². The SMILES string of the molecule is CC1C=[N+](C)/C=C\C(C)(C)/C=C\1.